The number of nitro groups is 2. The van der Waals surface area contributed by atoms with E-state index in [1.54, 1.807) is 25.1 Å². The lowest BCUT2D eigenvalue weighted by atomic mass is 9.96. The largest absolute Gasteiger partial charge is 0.352 e. The molecule has 0 saturated heterocycles. The fraction of sp³-hybridized carbons (Fsp3) is 0.143. The molecule has 8 heteroatoms. The zero-order chi connectivity index (χ0) is 16.5. The first-order valence-electron chi connectivity index (χ1n) is 6.13. The molecule has 6 nitrogen and oxygen atoms in total. The Kier molecular flexibility index (Phi) is 4.35. The van der Waals surface area contributed by atoms with E-state index in [1.165, 1.54) is 24.3 Å². The topological polar surface area (TPSA) is 86.3 Å². The number of hydrogen-bond acceptors (Lipinski definition) is 4. The van der Waals surface area contributed by atoms with Crippen LogP contribution in [0.3, 0.4) is 0 Å². The molecule has 0 saturated carbocycles. The number of rotatable bonds is 4. The molecule has 2 aromatic rings. The van der Waals surface area contributed by atoms with Crippen molar-refractivity contribution in [3.8, 4) is 0 Å². The summed E-state index contributed by atoms with van der Waals surface area (Å²) in [6.07, 6.45) is 0. The SMILES string of the molecule is Cc1ccc(C(Cl)(c2ccccc2)[N+](=O)[O-])c([N+](=O)[O-])c1Cl. The van der Waals surface area contributed by atoms with E-state index >= 15 is 0 Å². The average molecular weight is 341 g/mol. The zero-order valence-corrected chi connectivity index (χ0v) is 12.8. The number of halogens is 2. The first-order chi connectivity index (χ1) is 10.3. The summed E-state index contributed by atoms with van der Waals surface area (Å²) in [5, 5.41) is 22.8. The quantitative estimate of drug-likeness (QED) is 0.360. The van der Waals surface area contributed by atoms with Gasteiger partial charge in [-0.05, 0) is 30.2 Å². The van der Waals surface area contributed by atoms with E-state index in [1.807, 2.05) is 0 Å². The second kappa shape index (κ2) is 5.90. The second-order valence-corrected chi connectivity index (χ2v) is 5.52. The third-order valence-electron chi connectivity index (χ3n) is 3.26. The van der Waals surface area contributed by atoms with Crippen LogP contribution in [0.1, 0.15) is 16.7 Å². The first-order valence-corrected chi connectivity index (χ1v) is 6.88. The van der Waals surface area contributed by atoms with Crippen molar-refractivity contribution in [2.24, 2.45) is 0 Å². The fourth-order valence-corrected chi connectivity index (χ4v) is 2.64. The van der Waals surface area contributed by atoms with Gasteiger partial charge in [0.15, 0.2) is 0 Å². The molecule has 1 atom stereocenters. The van der Waals surface area contributed by atoms with Crippen LogP contribution in [0.15, 0.2) is 42.5 Å². The predicted octanol–water partition coefficient (Wildman–Crippen LogP) is 4.27. The predicted molar refractivity (Wildman–Crippen MR) is 82.9 cm³/mol. The third kappa shape index (κ3) is 2.51. The van der Waals surface area contributed by atoms with Gasteiger partial charge in [-0.1, -0.05) is 48.0 Å². The summed E-state index contributed by atoms with van der Waals surface area (Å²) in [7, 11) is 0. The van der Waals surface area contributed by atoms with Crippen molar-refractivity contribution in [3.63, 3.8) is 0 Å². The monoisotopic (exact) mass is 340 g/mol. The molecule has 0 N–H and O–H groups in total. The van der Waals surface area contributed by atoms with Crippen LogP contribution in [-0.4, -0.2) is 9.85 Å². The number of nitro benzene ring substituents is 1. The van der Waals surface area contributed by atoms with E-state index in [0.717, 1.165) is 0 Å². The van der Waals surface area contributed by atoms with Crippen LogP contribution in [0.25, 0.3) is 0 Å². The van der Waals surface area contributed by atoms with Crippen molar-refractivity contribution in [3.05, 3.63) is 84.4 Å². The number of hydrogen-bond donors (Lipinski definition) is 0. The smallest absolute Gasteiger partial charge is 0.262 e. The van der Waals surface area contributed by atoms with E-state index in [9.17, 15) is 20.2 Å². The molecule has 0 aromatic heterocycles. The molecule has 0 aliphatic heterocycles. The van der Waals surface area contributed by atoms with Gasteiger partial charge in [0, 0.05) is 5.56 Å². The average Bonchev–Trinajstić information content (AvgIpc) is 2.49. The van der Waals surface area contributed by atoms with Gasteiger partial charge in [-0.15, -0.1) is 0 Å². The molecule has 0 spiro atoms. The van der Waals surface area contributed by atoms with Gasteiger partial charge in [0.25, 0.3) is 5.69 Å². The second-order valence-electron chi connectivity index (χ2n) is 4.59. The van der Waals surface area contributed by atoms with Crippen molar-refractivity contribution >= 4 is 28.9 Å². The Labute approximate surface area is 135 Å². The van der Waals surface area contributed by atoms with Crippen molar-refractivity contribution in [2.45, 2.75) is 11.9 Å². The van der Waals surface area contributed by atoms with Crippen LogP contribution in [0, 0.1) is 27.2 Å². The highest BCUT2D eigenvalue weighted by Crippen LogP contribution is 2.45. The Morgan fingerprint density at radius 2 is 1.64 bits per heavy atom. The summed E-state index contributed by atoms with van der Waals surface area (Å²) in [4.78, 5) is 19.1. The van der Waals surface area contributed by atoms with E-state index < -0.39 is 20.5 Å². The highest BCUT2D eigenvalue weighted by atomic mass is 35.5. The van der Waals surface area contributed by atoms with E-state index in [2.05, 4.69) is 0 Å². The van der Waals surface area contributed by atoms with Crippen LogP contribution in [0.5, 0.6) is 0 Å². The van der Waals surface area contributed by atoms with Gasteiger partial charge < -0.3 is 0 Å². The molecular formula is C14H10Cl2N2O4. The lowest BCUT2D eigenvalue weighted by Gasteiger charge is -2.19. The molecule has 0 aliphatic rings. The number of alkyl halides is 1. The third-order valence-corrected chi connectivity index (χ3v) is 4.29. The number of nitrogens with zero attached hydrogens (tertiary/aromatic N) is 2. The Hall–Kier alpha value is -2.18. The Morgan fingerprint density at radius 3 is 2.14 bits per heavy atom. The normalized spacial score (nSPS) is 13.4. The van der Waals surface area contributed by atoms with Crippen molar-refractivity contribution < 1.29 is 9.85 Å². The summed E-state index contributed by atoms with van der Waals surface area (Å²) in [6, 6.07) is 10.4. The van der Waals surface area contributed by atoms with Crippen LogP contribution < -0.4 is 0 Å². The minimum Gasteiger partial charge on any atom is -0.262 e. The molecule has 0 bridgehead atoms. The highest BCUT2D eigenvalue weighted by Gasteiger charge is 2.50. The summed E-state index contributed by atoms with van der Waals surface area (Å²) >= 11 is 12.2. The van der Waals surface area contributed by atoms with E-state index in [0.29, 0.717) is 5.56 Å². The van der Waals surface area contributed by atoms with Gasteiger partial charge in [0.1, 0.15) is 10.6 Å². The molecule has 0 fully saturated rings. The molecule has 22 heavy (non-hydrogen) atoms. The Morgan fingerprint density at radius 1 is 1.05 bits per heavy atom. The minimum atomic E-state index is -2.29. The van der Waals surface area contributed by atoms with Crippen molar-refractivity contribution in [1.29, 1.82) is 0 Å². The maximum atomic E-state index is 11.6. The summed E-state index contributed by atoms with van der Waals surface area (Å²) in [6.45, 7) is 1.57. The van der Waals surface area contributed by atoms with Gasteiger partial charge in [0.05, 0.1) is 9.85 Å². The van der Waals surface area contributed by atoms with Crippen LogP contribution in [-0.2, 0) is 5.00 Å². The minimum absolute atomic E-state index is 0.115. The fourth-order valence-electron chi connectivity index (χ4n) is 2.13. The molecular weight excluding hydrogens is 331 g/mol. The van der Waals surface area contributed by atoms with Gasteiger partial charge >= 0.3 is 5.00 Å². The number of benzene rings is 2. The maximum Gasteiger partial charge on any atom is 0.352 e. The standard InChI is InChI=1S/C14H10Cl2N2O4/c1-9-7-8-11(13(12(9)15)17(19)20)14(16,18(21)22)10-5-3-2-4-6-10/h2-8H,1H3. The molecule has 0 aliphatic carbocycles. The zero-order valence-electron chi connectivity index (χ0n) is 11.3. The molecule has 1 unspecified atom stereocenters. The van der Waals surface area contributed by atoms with E-state index in [4.69, 9.17) is 23.2 Å². The highest BCUT2D eigenvalue weighted by molar-refractivity contribution is 6.34. The Bertz CT molecular complexity index is 752. The lowest BCUT2D eigenvalue weighted by Crippen LogP contribution is -2.31. The summed E-state index contributed by atoms with van der Waals surface area (Å²) in [5.41, 5.74) is -0.277. The molecule has 0 heterocycles. The van der Waals surface area contributed by atoms with Gasteiger partial charge in [-0.25, -0.2) is 0 Å². The van der Waals surface area contributed by atoms with Gasteiger partial charge in [-0.2, -0.15) is 0 Å². The maximum absolute atomic E-state index is 11.6. The first kappa shape index (κ1) is 16.2. The van der Waals surface area contributed by atoms with Crippen molar-refractivity contribution in [2.75, 3.05) is 0 Å². The molecule has 0 amide bonds. The van der Waals surface area contributed by atoms with Crippen LogP contribution in [0.2, 0.25) is 5.02 Å². The molecule has 2 rings (SSSR count). The van der Waals surface area contributed by atoms with E-state index in [-0.39, 0.29) is 16.1 Å². The lowest BCUT2D eigenvalue weighted by molar-refractivity contribution is -0.539. The Balaban J connectivity index is 2.84. The summed E-state index contributed by atoms with van der Waals surface area (Å²) in [5.74, 6) is 0. The van der Waals surface area contributed by atoms with Crippen LogP contribution >= 0.6 is 23.2 Å². The molecule has 0 radical (unpaired) electrons. The summed E-state index contributed by atoms with van der Waals surface area (Å²) < 4.78 is 0. The van der Waals surface area contributed by atoms with Crippen molar-refractivity contribution in [1.82, 2.24) is 0 Å². The van der Waals surface area contributed by atoms with Gasteiger partial charge in [0.2, 0.25) is 0 Å². The van der Waals surface area contributed by atoms with Gasteiger partial charge in [-0.3, -0.25) is 20.2 Å². The molecule has 2 aromatic carbocycles. The van der Waals surface area contributed by atoms with Crippen LogP contribution in [0.4, 0.5) is 5.69 Å². The molecule has 114 valence electrons. The number of aryl methyl sites for hydroxylation is 1.